The van der Waals surface area contributed by atoms with Crippen molar-refractivity contribution in [2.75, 3.05) is 26.7 Å². The second-order valence-electron chi connectivity index (χ2n) is 24.6. The Balaban J connectivity index is 1.22. The van der Waals surface area contributed by atoms with Gasteiger partial charge in [-0.3, -0.25) is 68.4 Å². The molecule has 32 nitrogen and oxygen atoms in total. The molecular formula is C70H89IN18O14. The summed E-state index contributed by atoms with van der Waals surface area (Å²) in [6.45, 7) is 0.0603. The Bertz CT molecular complexity index is 3840. The summed E-state index contributed by atoms with van der Waals surface area (Å²) in [5.74, 6) is -10.8. The first-order chi connectivity index (χ1) is 49.1. The second-order valence-corrected chi connectivity index (χ2v) is 25.8. The summed E-state index contributed by atoms with van der Waals surface area (Å²) in [5, 5.41) is 48.8. The van der Waals surface area contributed by atoms with E-state index in [1.165, 1.54) is 18.1 Å². The number of nitrogens with zero attached hydrogens (tertiary/aromatic N) is 1. The number of primary amides is 3. The van der Waals surface area contributed by atoms with Crippen molar-refractivity contribution in [2.45, 2.75) is 138 Å². The summed E-state index contributed by atoms with van der Waals surface area (Å²) in [6.07, 6.45) is -2.12. The Morgan fingerprint density at radius 3 is 1.53 bits per heavy atom. The number of ketones is 1. The first kappa shape index (κ1) is 80.7. The van der Waals surface area contributed by atoms with Crippen molar-refractivity contribution in [3.63, 3.8) is 0 Å². The van der Waals surface area contributed by atoms with Gasteiger partial charge in [-0.15, -0.1) is 0 Å². The Morgan fingerprint density at radius 2 is 0.981 bits per heavy atom. The van der Waals surface area contributed by atoms with E-state index in [4.69, 9.17) is 50.0 Å². The highest BCUT2D eigenvalue weighted by Gasteiger charge is 2.41. The first-order valence-electron chi connectivity index (χ1n) is 33.1. The van der Waals surface area contributed by atoms with Crippen molar-refractivity contribution < 1.29 is 67.4 Å². The highest BCUT2D eigenvalue weighted by atomic mass is 127. The van der Waals surface area contributed by atoms with E-state index in [2.05, 4.69) is 47.9 Å². The summed E-state index contributed by atoms with van der Waals surface area (Å²) in [6, 6.07) is 21.6. The Kier molecular flexibility index (Phi) is 31.6. The second kappa shape index (κ2) is 40.3. The Morgan fingerprint density at radius 1 is 0.524 bits per heavy atom. The Hall–Kier alpha value is -11.2. The molecule has 0 aliphatic carbocycles. The molecule has 9 atom stereocenters. The van der Waals surface area contributed by atoms with Crippen molar-refractivity contribution >= 4 is 105 Å². The number of benzene rings is 5. The number of phenols is 1. The normalized spacial score (nSPS) is 14.7. The predicted molar refractivity (Wildman–Crippen MR) is 387 cm³/mol. The predicted octanol–water partition coefficient (Wildman–Crippen LogP) is -1.63. The minimum Gasteiger partial charge on any atom is -0.507 e. The molecule has 11 amide bonds. The zero-order valence-corrected chi connectivity index (χ0v) is 58.8. The number of rotatable bonds is 40. The highest BCUT2D eigenvalue weighted by molar-refractivity contribution is 14.1. The molecule has 1 aliphatic rings. The number of nitrogens with one attached hydrogen (secondary N) is 11. The summed E-state index contributed by atoms with van der Waals surface area (Å²) in [5.41, 5.74) is 37.5. The number of aromatic hydroxyl groups is 1. The number of hydrogen-bond acceptors (Lipinski definition) is 17. The molecular weight excluding hydrogens is 1440 g/mol. The summed E-state index contributed by atoms with van der Waals surface area (Å²) >= 11 is 1.89. The van der Waals surface area contributed by atoms with Crippen molar-refractivity contribution in [3.05, 3.63) is 164 Å². The van der Waals surface area contributed by atoms with Gasteiger partial charge in [-0.1, -0.05) is 103 Å². The van der Waals surface area contributed by atoms with Gasteiger partial charge in [-0.2, -0.15) is 0 Å². The fourth-order valence-corrected chi connectivity index (χ4v) is 11.8. The average Bonchev–Trinajstić information content (AvgIpc) is 1.76. The van der Waals surface area contributed by atoms with Gasteiger partial charge >= 0.3 is 0 Å². The molecule has 0 spiro atoms. The molecule has 5 aromatic rings. The molecule has 5 aromatic carbocycles. The van der Waals surface area contributed by atoms with Crippen LogP contribution in [0.5, 0.6) is 11.5 Å². The third kappa shape index (κ3) is 26.3. The van der Waals surface area contributed by atoms with Gasteiger partial charge in [0, 0.05) is 56.4 Å². The molecule has 24 N–H and O–H groups in total. The molecule has 103 heavy (non-hydrogen) atoms. The molecule has 1 aliphatic heterocycles. The van der Waals surface area contributed by atoms with Crippen LogP contribution in [-0.2, 0) is 78.4 Å². The van der Waals surface area contributed by atoms with E-state index in [9.17, 15) is 62.6 Å². The van der Waals surface area contributed by atoms with Crippen molar-refractivity contribution in [1.82, 2.24) is 52.8 Å². The average molecular weight is 1530 g/mol. The summed E-state index contributed by atoms with van der Waals surface area (Å²) < 4.78 is 5.79. The number of carbonyl (C=O) groups excluding carboxylic acids is 12. The highest BCUT2D eigenvalue weighted by Crippen LogP contribution is 2.24. The Labute approximate surface area is 607 Å². The summed E-state index contributed by atoms with van der Waals surface area (Å²) in [7, 11) is 1.47. The largest absolute Gasteiger partial charge is 0.507 e. The van der Waals surface area contributed by atoms with E-state index in [1.54, 1.807) is 121 Å². The maximum absolute atomic E-state index is 14.9. The van der Waals surface area contributed by atoms with Gasteiger partial charge in [0.25, 0.3) is 0 Å². The fourth-order valence-electron chi connectivity index (χ4n) is 11.3. The maximum atomic E-state index is 14.9. The lowest BCUT2D eigenvalue weighted by atomic mass is 9.99. The number of carbonyl (C=O) groups is 12. The van der Waals surface area contributed by atoms with Crippen LogP contribution in [0.15, 0.2) is 127 Å². The standard InChI is InChI=1S/C70H89IN18O14/c1-103-45-25-20-41(21-26-45)36-52(86-61(95)47(72)34-40-18-23-44(24-19-40)59(93)43-13-6-3-7-14-43)65(99)87-53(35-39-11-4-2-5-12-39)64(98)82-49(27-29-57(73)91)63(97)88-54(38-58(74)92)66(100)84-50(16-9-31-81-70(78)79)68(102)89-32-10-17-55(89)67(101)83-48(15-8-30-80-69(76)77)62(96)85-51(60(75)94)37-42-22-28-56(90)46(71)33-42/h2-7,11-14,18-26,28,33,47-55,90H,8-10,15-17,27,29-32,34-38,72H2,1H3,(H2,73,91)(H2,74,92)(H2,75,94)(H,82,98)(H,83,101)(H,84,100)(H,85,96)(H,86,95)(H,87,99)(H,88,97)(H4,76,77,80)(H4,78,79,81)/t47?,48-,49-,50-,51-,52+,53-,54-,55-/m0/s1. The number of methoxy groups -OCH3 is 1. The van der Waals surface area contributed by atoms with Crippen LogP contribution < -0.4 is 87.0 Å². The van der Waals surface area contributed by atoms with E-state index < -0.39 is 145 Å². The quantitative estimate of drug-likeness (QED) is 0.00688. The molecule has 0 aromatic heterocycles. The third-order valence-electron chi connectivity index (χ3n) is 16.7. The smallest absolute Gasteiger partial charge is 0.245 e. The summed E-state index contributed by atoms with van der Waals surface area (Å²) in [4.78, 5) is 168. The SMILES string of the molecule is COc1ccc(C[C@@H](NC(=O)C(N)Cc2ccc(C(=O)c3ccccc3)cc2)C(=O)N[C@@H](Cc2ccccc2)C(=O)N[C@@H](CCC(N)=O)C(=O)N[C@@H](CC(N)=O)C(=O)N[C@@H](CCCNC(=N)N)C(=O)N2CCC[C@H]2C(=O)N[C@@H](CCCNC(=N)N)C(=O)N[C@@H](Cc2ccc(O)c(I)c2)C(N)=O)cc1. The molecule has 0 radical (unpaired) electrons. The van der Waals surface area contributed by atoms with Crippen LogP contribution in [0.2, 0.25) is 0 Å². The van der Waals surface area contributed by atoms with Gasteiger partial charge in [0.15, 0.2) is 17.7 Å². The van der Waals surface area contributed by atoms with Crippen LogP contribution in [0.1, 0.15) is 96.0 Å². The van der Waals surface area contributed by atoms with Gasteiger partial charge in [0.2, 0.25) is 65.0 Å². The minimum atomic E-state index is -1.89. The van der Waals surface area contributed by atoms with Crippen LogP contribution in [0, 0.1) is 14.4 Å². The molecule has 1 unspecified atom stereocenters. The van der Waals surface area contributed by atoms with Gasteiger partial charge < -0.3 is 97.0 Å². The lowest BCUT2D eigenvalue weighted by Crippen LogP contribution is -2.61. The lowest BCUT2D eigenvalue weighted by Gasteiger charge is -2.31. The van der Waals surface area contributed by atoms with Gasteiger partial charge in [0.05, 0.1) is 23.1 Å². The van der Waals surface area contributed by atoms with Gasteiger partial charge in [0.1, 0.15) is 59.8 Å². The van der Waals surface area contributed by atoms with Crippen LogP contribution in [-0.4, -0.2) is 174 Å². The van der Waals surface area contributed by atoms with E-state index >= 15 is 0 Å². The van der Waals surface area contributed by atoms with Crippen LogP contribution >= 0.6 is 22.6 Å². The van der Waals surface area contributed by atoms with Crippen LogP contribution in [0.25, 0.3) is 0 Å². The zero-order valence-electron chi connectivity index (χ0n) is 56.7. The molecule has 1 heterocycles. The number of nitrogens with two attached hydrogens (primary N) is 6. The molecule has 0 bridgehead atoms. The number of guanidine groups is 2. The monoisotopic (exact) mass is 1530 g/mol. The van der Waals surface area contributed by atoms with Crippen molar-refractivity contribution in [3.8, 4) is 11.5 Å². The zero-order chi connectivity index (χ0) is 75.3. The number of likely N-dealkylation sites (tertiary alicyclic amines) is 1. The molecule has 0 saturated carbocycles. The topological polar surface area (TPSA) is 550 Å². The van der Waals surface area contributed by atoms with Crippen LogP contribution in [0.3, 0.4) is 0 Å². The van der Waals surface area contributed by atoms with E-state index in [1.807, 2.05) is 22.6 Å². The number of phenolic OH excluding ortho intramolecular Hbond substituents is 1. The van der Waals surface area contributed by atoms with Gasteiger partial charge in [-0.25, -0.2) is 0 Å². The number of halogens is 1. The molecule has 550 valence electrons. The van der Waals surface area contributed by atoms with Crippen molar-refractivity contribution in [1.29, 1.82) is 10.8 Å². The number of ether oxygens (including phenoxy) is 1. The van der Waals surface area contributed by atoms with E-state index in [0.29, 0.717) is 42.7 Å². The fraction of sp³-hybridized carbons (Fsp3) is 0.371. The third-order valence-corrected chi connectivity index (χ3v) is 17.6. The molecule has 33 heteroatoms. The van der Waals surface area contributed by atoms with Crippen molar-refractivity contribution in [2.24, 2.45) is 34.4 Å². The number of hydrogen-bond donors (Lipinski definition) is 18. The van der Waals surface area contributed by atoms with E-state index in [-0.39, 0.29) is 101 Å². The first-order valence-corrected chi connectivity index (χ1v) is 34.2. The minimum absolute atomic E-state index is 0.00431. The van der Waals surface area contributed by atoms with Gasteiger partial charge in [-0.05, 0) is 120 Å². The lowest BCUT2D eigenvalue weighted by molar-refractivity contribution is -0.143. The molecule has 1 saturated heterocycles. The molecule has 6 rings (SSSR count). The molecule has 1 fully saturated rings. The van der Waals surface area contributed by atoms with Crippen LogP contribution in [0.4, 0.5) is 0 Å². The number of amides is 11. The van der Waals surface area contributed by atoms with E-state index in [0.717, 1.165) is 0 Å². The maximum Gasteiger partial charge on any atom is 0.245 e.